The average molecular weight is 292 g/mol. The van der Waals surface area contributed by atoms with Crippen molar-refractivity contribution in [3.63, 3.8) is 0 Å². The zero-order chi connectivity index (χ0) is 14.8. The lowest BCUT2D eigenvalue weighted by molar-refractivity contribution is -0.142. The van der Waals surface area contributed by atoms with Crippen molar-refractivity contribution >= 4 is 5.91 Å². The van der Waals surface area contributed by atoms with E-state index in [0.29, 0.717) is 23.9 Å². The molecule has 1 amide bonds. The summed E-state index contributed by atoms with van der Waals surface area (Å²) in [7, 11) is 0. The predicted octanol–water partition coefficient (Wildman–Crippen LogP) is 1.79. The zero-order valence-corrected chi connectivity index (χ0v) is 12.9. The van der Waals surface area contributed by atoms with Crippen LogP contribution in [0.2, 0.25) is 0 Å². The van der Waals surface area contributed by atoms with E-state index in [0.717, 1.165) is 51.7 Å². The van der Waals surface area contributed by atoms with Gasteiger partial charge in [0.25, 0.3) is 0 Å². The summed E-state index contributed by atoms with van der Waals surface area (Å²) in [4.78, 5) is 16.8. The average Bonchev–Trinajstić information content (AvgIpc) is 3.29. The number of hydrogen-bond acceptors (Lipinski definition) is 3. The number of allylic oxidation sites excluding steroid dienone is 1. The standard InChI is InChI=1S/C17H28N2O2/c1-2-3-4-15(20)12-18-10-9-16-13(11-18)5-8-17(21)19(16)14-6-7-14/h2,13-16,20H,1,3-12H2. The van der Waals surface area contributed by atoms with Crippen LogP contribution < -0.4 is 0 Å². The Bertz CT molecular complexity index is 394. The Balaban J connectivity index is 1.53. The van der Waals surface area contributed by atoms with Gasteiger partial charge in [0.15, 0.2) is 0 Å². The highest BCUT2D eigenvalue weighted by molar-refractivity contribution is 5.78. The molecule has 0 aromatic carbocycles. The molecule has 0 aromatic heterocycles. The van der Waals surface area contributed by atoms with Crippen LogP contribution in [0.1, 0.15) is 44.9 Å². The minimum absolute atomic E-state index is 0.246. The normalized spacial score (nSPS) is 31.9. The number of likely N-dealkylation sites (tertiary alicyclic amines) is 2. The molecule has 3 rings (SSSR count). The van der Waals surface area contributed by atoms with Crippen molar-refractivity contribution in [2.75, 3.05) is 19.6 Å². The van der Waals surface area contributed by atoms with Crippen LogP contribution in [0.15, 0.2) is 12.7 Å². The maximum atomic E-state index is 12.2. The third kappa shape index (κ3) is 3.49. The van der Waals surface area contributed by atoms with Crippen LogP contribution in [0.3, 0.4) is 0 Å². The van der Waals surface area contributed by atoms with Crippen LogP contribution in [0, 0.1) is 5.92 Å². The zero-order valence-electron chi connectivity index (χ0n) is 12.9. The molecule has 2 aliphatic heterocycles. The lowest BCUT2D eigenvalue weighted by atomic mass is 9.83. The van der Waals surface area contributed by atoms with E-state index < -0.39 is 0 Å². The Kier molecular flexibility index (Phi) is 4.65. The number of β-amino-alcohol motifs (C(OH)–C–C–N with tert-alkyl or cyclic N) is 1. The molecule has 1 N–H and O–H groups in total. The Morgan fingerprint density at radius 1 is 1.33 bits per heavy atom. The summed E-state index contributed by atoms with van der Waals surface area (Å²) in [5.74, 6) is 1.00. The van der Waals surface area contributed by atoms with Gasteiger partial charge in [0.05, 0.1) is 6.10 Å². The van der Waals surface area contributed by atoms with Crippen LogP contribution in [0.5, 0.6) is 0 Å². The summed E-state index contributed by atoms with van der Waals surface area (Å²) in [6.07, 6.45) is 8.57. The SMILES string of the molecule is C=CCCC(O)CN1CCC2C(CCC(=O)N2C2CC2)C1. The summed E-state index contributed by atoms with van der Waals surface area (Å²) in [5.41, 5.74) is 0. The summed E-state index contributed by atoms with van der Waals surface area (Å²) >= 11 is 0. The molecule has 3 atom stereocenters. The third-order valence-corrected chi connectivity index (χ3v) is 5.27. The minimum atomic E-state index is -0.246. The third-order valence-electron chi connectivity index (χ3n) is 5.27. The number of aliphatic hydroxyl groups is 1. The molecule has 0 bridgehead atoms. The van der Waals surface area contributed by atoms with Gasteiger partial charge < -0.3 is 14.9 Å². The Labute approximate surface area is 127 Å². The Morgan fingerprint density at radius 3 is 2.86 bits per heavy atom. The van der Waals surface area contributed by atoms with Gasteiger partial charge in [0.1, 0.15) is 0 Å². The number of hydrogen-bond donors (Lipinski definition) is 1. The summed E-state index contributed by atoms with van der Waals surface area (Å²) in [6.45, 7) is 6.55. The second kappa shape index (κ2) is 6.49. The molecule has 1 saturated carbocycles. The van der Waals surface area contributed by atoms with E-state index in [9.17, 15) is 9.90 Å². The van der Waals surface area contributed by atoms with Crippen molar-refractivity contribution in [2.45, 2.75) is 63.1 Å². The first-order valence-electron chi connectivity index (χ1n) is 8.51. The van der Waals surface area contributed by atoms with Crippen molar-refractivity contribution in [3.05, 3.63) is 12.7 Å². The number of piperidine rings is 2. The maximum Gasteiger partial charge on any atom is 0.223 e. The van der Waals surface area contributed by atoms with E-state index in [1.165, 1.54) is 12.8 Å². The molecule has 3 aliphatic rings. The van der Waals surface area contributed by atoms with Gasteiger partial charge in [-0.3, -0.25) is 4.79 Å². The van der Waals surface area contributed by atoms with Crippen LogP contribution in [0.4, 0.5) is 0 Å². The van der Waals surface area contributed by atoms with Gasteiger partial charge >= 0.3 is 0 Å². The van der Waals surface area contributed by atoms with Gasteiger partial charge in [-0.25, -0.2) is 0 Å². The molecule has 4 heteroatoms. The maximum absolute atomic E-state index is 12.2. The fourth-order valence-electron chi connectivity index (χ4n) is 4.06. The second-order valence-corrected chi connectivity index (χ2v) is 6.97. The fourth-order valence-corrected chi connectivity index (χ4v) is 4.06. The second-order valence-electron chi connectivity index (χ2n) is 6.97. The van der Waals surface area contributed by atoms with E-state index in [-0.39, 0.29) is 6.10 Å². The minimum Gasteiger partial charge on any atom is -0.392 e. The lowest BCUT2D eigenvalue weighted by Crippen LogP contribution is -2.57. The molecular formula is C17H28N2O2. The Hall–Kier alpha value is -0.870. The number of carbonyl (C=O) groups is 1. The van der Waals surface area contributed by atoms with Gasteiger partial charge in [0, 0.05) is 38.1 Å². The topological polar surface area (TPSA) is 43.8 Å². The summed E-state index contributed by atoms with van der Waals surface area (Å²) in [6, 6.07) is 1.02. The highest BCUT2D eigenvalue weighted by Crippen LogP contribution is 2.38. The molecule has 21 heavy (non-hydrogen) atoms. The number of carbonyl (C=O) groups excluding carboxylic acids is 1. The quantitative estimate of drug-likeness (QED) is 0.759. The van der Waals surface area contributed by atoms with E-state index in [2.05, 4.69) is 16.4 Å². The first-order valence-corrected chi connectivity index (χ1v) is 8.51. The number of amides is 1. The smallest absolute Gasteiger partial charge is 0.223 e. The monoisotopic (exact) mass is 292 g/mol. The number of nitrogens with zero attached hydrogens (tertiary/aromatic N) is 2. The summed E-state index contributed by atoms with van der Waals surface area (Å²) < 4.78 is 0. The lowest BCUT2D eigenvalue weighted by Gasteiger charge is -2.47. The molecule has 0 radical (unpaired) electrons. The number of fused-ring (bicyclic) bond motifs is 1. The Morgan fingerprint density at radius 2 is 2.14 bits per heavy atom. The van der Waals surface area contributed by atoms with Crippen LogP contribution in [-0.4, -0.2) is 58.6 Å². The summed E-state index contributed by atoms with van der Waals surface area (Å²) in [5, 5.41) is 10.1. The highest BCUT2D eigenvalue weighted by atomic mass is 16.3. The first-order chi connectivity index (χ1) is 10.2. The van der Waals surface area contributed by atoms with Gasteiger partial charge in [0.2, 0.25) is 5.91 Å². The molecule has 2 saturated heterocycles. The predicted molar refractivity (Wildman–Crippen MR) is 82.9 cm³/mol. The number of aliphatic hydroxyl groups excluding tert-OH is 1. The fraction of sp³-hybridized carbons (Fsp3) is 0.824. The van der Waals surface area contributed by atoms with E-state index >= 15 is 0 Å². The molecule has 118 valence electrons. The molecular weight excluding hydrogens is 264 g/mol. The molecule has 3 unspecified atom stereocenters. The van der Waals surface area contributed by atoms with E-state index in [1.54, 1.807) is 0 Å². The van der Waals surface area contributed by atoms with Crippen LogP contribution >= 0.6 is 0 Å². The van der Waals surface area contributed by atoms with E-state index in [4.69, 9.17) is 0 Å². The first kappa shape index (κ1) is 15.0. The number of rotatable bonds is 6. The van der Waals surface area contributed by atoms with Gasteiger partial charge in [-0.2, -0.15) is 0 Å². The van der Waals surface area contributed by atoms with Crippen LogP contribution in [-0.2, 0) is 4.79 Å². The van der Waals surface area contributed by atoms with Gasteiger partial charge in [-0.05, 0) is 44.4 Å². The van der Waals surface area contributed by atoms with Crippen molar-refractivity contribution in [2.24, 2.45) is 5.92 Å². The largest absolute Gasteiger partial charge is 0.392 e. The highest BCUT2D eigenvalue weighted by Gasteiger charge is 2.45. The van der Waals surface area contributed by atoms with Crippen molar-refractivity contribution in [3.8, 4) is 0 Å². The molecule has 4 nitrogen and oxygen atoms in total. The molecule has 1 aliphatic carbocycles. The van der Waals surface area contributed by atoms with Crippen molar-refractivity contribution < 1.29 is 9.90 Å². The van der Waals surface area contributed by atoms with Crippen LogP contribution in [0.25, 0.3) is 0 Å². The van der Waals surface area contributed by atoms with Crippen molar-refractivity contribution in [1.29, 1.82) is 0 Å². The van der Waals surface area contributed by atoms with Gasteiger partial charge in [-0.1, -0.05) is 6.08 Å². The molecule has 2 heterocycles. The molecule has 0 aromatic rings. The van der Waals surface area contributed by atoms with Gasteiger partial charge in [-0.15, -0.1) is 6.58 Å². The molecule has 3 fully saturated rings. The molecule has 0 spiro atoms. The van der Waals surface area contributed by atoms with E-state index in [1.807, 2.05) is 6.08 Å². The van der Waals surface area contributed by atoms with Crippen molar-refractivity contribution in [1.82, 2.24) is 9.80 Å².